The second-order valence-electron chi connectivity index (χ2n) is 4.88. The van der Waals surface area contributed by atoms with Crippen molar-refractivity contribution in [3.05, 3.63) is 29.6 Å². The summed E-state index contributed by atoms with van der Waals surface area (Å²) in [5.41, 5.74) is 2.41. The molecule has 0 bridgehead atoms. The highest BCUT2D eigenvalue weighted by Crippen LogP contribution is 2.13. The molecule has 2 heterocycles. The van der Waals surface area contributed by atoms with Gasteiger partial charge >= 0.3 is 0 Å². The van der Waals surface area contributed by atoms with E-state index in [1.807, 2.05) is 6.20 Å². The van der Waals surface area contributed by atoms with Gasteiger partial charge in [-0.2, -0.15) is 0 Å². The highest BCUT2D eigenvalue weighted by Gasteiger charge is 2.21. The van der Waals surface area contributed by atoms with Crippen LogP contribution in [-0.4, -0.2) is 37.1 Å². The van der Waals surface area contributed by atoms with Crippen molar-refractivity contribution < 1.29 is 9.47 Å². The number of aryl methyl sites for hydroxylation is 1. The number of likely N-dealkylation sites (N-methyl/N-ethyl adjacent to an activating group) is 1. The predicted octanol–water partition coefficient (Wildman–Crippen LogP) is 1.93. The Morgan fingerprint density at radius 1 is 1.32 bits per heavy atom. The molecule has 1 aromatic rings. The lowest BCUT2D eigenvalue weighted by molar-refractivity contribution is -0.0526. The fourth-order valence-electron chi connectivity index (χ4n) is 2.34. The molecule has 1 unspecified atom stereocenters. The predicted molar refractivity (Wildman–Crippen MR) is 75.1 cm³/mol. The zero-order chi connectivity index (χ0) is 13.5. The van der Waals surface area contributed by atoms with Gasteiger partial charge in [-0.25, -0.2) is 0 Å². The molecule has 0 amide bonds. The molecular weight excluding hydrogens is 240 g/mol. The highest BCUT2D eigenvalue weighted by molar-refractivity contribution is 5.14. The van der Waals surface area contributed by atoms with E-state index in [9.17, 15) is 0 Å². The Bertz CT molecular complexity index is 361. The zero-order valence-electron chi connectivity index (χ0n) is 11.9. The highest BCUT2D eigenvalue weighted by atomic mass is 16.7. The first kappa shape index (κ1) is 14.4. The van der Waals surface area contributed by atoms with Gasteiger partial charge in [0.05, 0.1) is 13.2 Å². The fraction of sp³-hybridized carbons (Fsp3) is 0.667. The van der Waals surface area contributed by atoms with E-state index in [0.717, 1.165) is 31.5 Å². The van der Waals surface area contributed by atoms with Crippen LogP contribution in [0.1, 0.15) is 31.5 Å². The van der Waals surface area contributed by atoms with Crippen LogP contribution in [0, 0.1) is 0 Å². The Balaban J connectivity index is 1.90. The summed E-state index contributed by atoms with van der Waals surface area (Å²) in [7, 11) is 0. The van der Waals surface area contributed by atoms with Crippen LogP contribution in [0.15, 0.2) is 18.3 Å². The van der Waals surface area contributed by atoms with Crippen LogP contribution in [0.2, 0.25) is 0 Å². The van der Waals surface area contributed by atoms with Crippen LogP contribution in [0.3, 0.4) is 0 Å². The minimum absolute atomic E-state index is 0.0565. The standard InChI is InChI=1S/C15H24N2O2/c1-3-12-5-6-13(17-11-12)9-14(16-4-2)10-15-18-7-8-19-15/h5-6,11,14-16H,3-4,7-10H2,1-2H3. The summed E-state index contributed by atoms with van der Waals surface area (Å²) in [6.45, 7) is 6.65. The first-order chi connectivity index (χ1) is 9.31. The maximum atomic E-state index is 5.52. The van der Waals surface area contributed by atoms with Crippen molar-refractivity contribution in [2.24, 2.45) is 0 Å². The van der Waals surface area contributed by atoms with Crippen LogP contribution in [0.25, 0.3) is 0 Å². The molecule has 1 aromatic heterocycles. The minimum Gasteiger partial charge on any atom is -0.350 e. The third-order valence-corrected chi connectivity index (χ3v) is 3.41. The van der Waals surface area contributed by atoms with Gasteiger partial charge < -0.3 is 14.8 Å². The van der Waals surface area contributed by atoms with Gasteiger partial charge in [-0.15, -0.1) is 0 Å². The van der Waals surface area contributed by atoms with Gasteiger partial charge in [0, 0.05) is 30.8 Å². The number of aromatic nitrogens is 1. The van der Waals surface area contributed by atoms with Crippen molar-refractivity contribution >= 4 is 0 Å². The summed E-state index contributed by atoms with van der Waals surface area (Å²) in [6.07, 6.45) is 4.75. The second kappa shape index (κ2) is 7.58. The Morgan fingerprint density at radius 3 is 2.68 bits per heavy atom. The van der Waals surface area contributed by atoms with E-state index in [0.29, 0.717) is 19.3 Å². The molecule has 4 nitrogen and oxygen atoms in total. The van der Waals surface area contributed by atoms with Crippen LogP contribution in [0.5, 0.6) is 0 Å². The van der Waals surface area contributed by atoms with Crippen LogP contribution < -0.4 is 5.32 Å². The van der Waals surface area contributed by atoms with Crippen molar-refractivity contribution in [1.29, 1.82) is 0 Å². The van der Waals surface area contributed by atoms with E-state index < -0.39 is 0 Å². The van der Waals surface area contributed by atoms with Crippen molar-refractivity contribution in [2.45, 2.75) is 45.4 Å². The van der Waals surface area contributed by atoms with E-state index in [1.165, 1.54) is 5.56 Å². The number of pyridine rings is 1. The molecule has 0 saturated carbocycles. The van der Waals surface area contributed by atoms with E-state index >= 15 is 0 Å². The van der Waals surface area contributed by atoms with Gasteiger partial charge in [-0.1, -0.05) is 19.9 Å². The summed E-state index contributed by atoms with van der Waals surface area (Å²) in [6, 6.07) is 4.64. The molecule has 0 spiro atoms. The summed E-state index contributed by atoms with van der Waals surface area (Å²) in [5.74, 6) is 0. The van der Waals surface area contributed by atoms with Gasteiger partial charge in [0.15, 0.2) is 6.29 Å². The minimum atomic E-state index is -0.0565. The number of rotatable bonds is 7. The molecule has 1 N–H and O–H groups in total. The summed E-state index contributed by atoms with van der Waals surface area (Å²) >= 11 is 0. The summed E-state index contributed by atoms with van der Waals surface area (Å²) in [4.78, 5) is 4.52. The lowest BCUT2D eigenvalue weighted by atomic mass is 10.1. The summed E-state index contributed by atoms with van der Waals surface area (Å²) in [5, 5.41) is 3.49. The third-order valence-electron chi connectivity index (χ3n) is 3.41. The SMILES string of the molecule is CCNC(Cc1ccc(CC)cn1)CC1OCCO1. The molecule has 0 aliphatic carbocycles. The van der Waals surface area contributed by atoms with Gasteiger partial charge in [0.25, 0.3) is 0 Å². The van der Waals surface area contributed by atoms with Gasteiger partial charge in [0.1, 0.15) is 0 Å². The van der Waals surface area contributed by atoms with Crippen molar-refractivity contribution in [3.8, 4) is 0 Å². The smallest absolute Gasteiger partial charge is 0.159 e. The van der Waals surface area contributed by atoms with Crippen LogP contribution in [0.4, 0.5) is 0 Å². The van der Waals surface area contributed by atoms with Crippen molar-refractivity contribution in [3.63, 3.8) is 0 Å². The van der Waals surface area contributed by atoms with Crippen molar-refractivity contribution in [2.75, 3.05) is 19.8 Å². The molecule has 19 heavy (non-hydrogen) atoms. The monoisotopic (exact) mass is 264 g/mol. The Kier molecular flexibility index (Phi) is 5.76. The largest absolute Gasteiger partial charge is 0.350 e. The lowest BCUT2D eigenvalue weighted by Gasteiger charge is -2.20. The number of ether oxygens (including phenoxy) is 2. The molecule has 1 atom stereocenters. The lowest BCUT2D eigenvalue weighted by Crippen LogP contribution is -2.35. The topological polar surface area (TPSA) is 43.4 Å². The fourth-order valence-corrected chi connectivity index (χ4v) is 2.34. The number of nitrogens with one attached hydrogen (secondary N) is 1. The molecule has 1 aliphatic rings. The average molecular weight is 264 g/mol. The van der Waals surface area contributed by atoms with E-state index in [2.05, 4.69) is 36.3 Å². The molecule has 0 radical (unpaired) electrons. The molecule has 0 aromatic carbocycles. The molecule has 1 saturated heterocycles. The maximum absolute atomic E-state index is 5.52. The van der Waals surface area contributed by atoms with Gasteiger partial charge in [-0.05, 0) is 24.6 Å². The normalized spacial score (nSPS) is 17.8. The van der Waals surface area contributed by atoms with E-state index in [1.54, 1.807) is 0 Å². The molecule has 1 fully saturated rings. The number of hydrogen-bond acceptors (Lipinski definition) is 4. The maximum Gasteiger partial charge on any atom is 0.159 e. The molecule has 4 heteroatoms. The quantitative estimate of drug-likeness (QED) is 0.817. The third kappa shape index (κ3) is 4.56. The first-order valence-electron chi connectivity index (χ1n) is 7.22. The molecular formula is C15H24N2O2. The molecule has 2 rings (SSSR count). The number of hydrogen-bond donors (Lipinski definition) is 1. The zero-order valence-corrected chi connectivity index (χ0v) is 11.9. The van der Waals surface area contributed by atoms with Gasteiger partial charge in [-0.3, -0.25) is 4.98 Å². The van der Waals surface area contributed by atoms with Crippen LogP contribution >= 0.6 is 0 Å². The Hall–Kier alpha value is -0.970. The Labute approximate surface area is 115 Å². The van der Waals surface area contributed by atoms with Crippen molar-refractivity contribution in [1.82, 2.24) is 10.3 Å². The van der Waals surface area contributed by atoms with E-state index in [-0.39, 0.29) is 6.29 Å². The Morgan fingerprint density at radius 2 is 2.11 bits per heavy atom. The number of nitrogens with zero attached hydrogens (tertiary/aromatic N) is 1. The van der Waals surface area contributed by atoms with E-state index in [4.69, 9.17) is 9.47 Å². The van der Waals surface area contributed by atoms with Crippen LogP contribution in [-0.2, 0) is 22.3 Å². The summed E-state index contributed by atoms with van der Waals surface area (Å²) < 4.78 is 11.0. The molecule has 106 valence electrons. The average Bonchev–Trinajstić information content (AvgIpc) is 2.93. The second-order valence-corrected chi connectivity index (χ2v) is 4.88. The first-order valence-corrected chi connectivity index (χ1v) is 7.22. The van der Waals surface area contributed by atoms with Gasteiger partial charge in [0.2, 0.25) is 0 Å². The molecule has 1 aliphatic heterocycles.